The predicted molar refractivity (Wildman–Crippen MR) is 181 cm³/mol. The van der Waals surface area contributed by atoms with E-state index in [2.05, 4.69) is 26.3 Å². The highest BCUT2D eigenvalue weighted by molar-refractivity contribution is 5.96. The lowest BCUT2D eigenvalue weighted by Gasteiger charge is -2.28. The number of guanidine groups is 1. The number of nitrogens with one attached hydrogen (secondary N) is 4. The zero-order valence-corrected chi connectivity index (χ0v) is 28.3. The number of hydrogen-bond acceptors (Lipinski definition) is 9. The lowest BCUT2D eigenvalue weighted by Crippen LogP contribution is -2.56. The van der Waals surface area contributed by atoms with Crippen LogP contribution in [0.3, 0.4) is 0 Å². The maximum absolute atomic E-state index is 13.4. The molecule has 18 heteroatoms. The molecule has 1 aliphatic rings. The molecule has 50 heavy (non-hydrogen) atoms. The van der Waals surface area contributed by atoms with Crippen LogP contribution in [0.25, 0.3) is 0 Å². The van der Waals surface area contributed by atoms with Crippen molar-refractivity contribution in [1.82, 2.24) is 26.2 Å². The van der Waals surface area contributed by atoms with E-state index >= 15 is 0 Å². The lowest BCUT2D eigenvalue weighted by atomic mass is 10.0. The number of aliphatic imine (C=N–C) groups is 1. The Morgan fingerprint density at radius 1 is 0.940 bits per heavy atom. The Bertz CT molecular complexity index is 1390. The Labute approximate surface area is 290 Å². The quantitative estimate of drug-likeness (QED) is 0.0396. The average Bonchev–Trinajstić information content (AvgIpc) is 3.54. The molecule has 0 saturated carbocycles. The van der Waals surface area contributed by atoms with E-state index in [9.17, 15) is 43.8 Å². The van der Waals surface area contributed by atoms with Gasteiger partial charge in [-0.1, -0.05) is 44.2 Å². The first-order valence-electron chi connectivity index (χ1n) is 16.4. The molecule has 5 unspecified atom stereocenters. The Kier molecular flexibility index (Phi) is 16.6. The summed E-state index contributed by atoms with van der Waals surface area (Å²) < 4.78 is 0. The molecule has 0 spiro atoms. The minimum atomic E-state index is -1.67. The molecule has 1 aromatic rings. The molecular weight excluding hydrogens is 654 g/mol. The van der Waals surface area contributed by atoms with Gasteiger partial charge in [0.1, 0.15) is 24.2 Å². The second-order valence-corrected chi connectivity index (χ2v) is 12.5. The first-order valence-corrected chi connectivity index (χ1v) is 16.4. The van der Waals surface area contributed by atoms with Crippen LogP contribution in [0.15, 0.2) is 35.3 Å². The standard InChI is InChI=1S/C32H49N9O9/c1-18(2)14-20(33)30(48)41-13-7-11-24(41)29(47)39-21(10-6-12-36-32(34)35)27(45)37-17-25(42)38-22(16-26(43)44)28(46)40-23(31(49)50)15-19-8-4-3-5-9-19/h3-5,8-9,18,20-24H,6-7,10-17,33H2,1-2H3,(H,37,45)(H,38,42)(H,39,47)(H,40,46)(H,43,44)(H,49,50)(H4,34,35,36). The largest absolute Gasteiger partial charge is 0.481 e. The van der Waals surface area contributed by atoms with Crippen molar-refractivity contribution >= 4 is 47.4 Å². The Morgan fingerprint density at radius 2 is 1.62 bits per heavy atom. The van der Waals surface area contributed by atoms with E-state index < -0.39 is 78.7 Å². The van der Waals surface area contributed by atoms with Crippen molar-refractivity contribution in [3.05, 3.63) is 35.9 Å². The SMILES string of the molecule is CC(C)CC(N)C(=O)N1CCCC1C(=O)NC(CCCN=C(N)N)C(=O)NCC(=O)NC(CC(=O)O)C(=O)NC(Cc1ccccc1)C(=O)O. The van der Waals surface area contributed by atoms with Crippen LogP contribution in [0, 0.1) is 5.92 Å². The summed E-state index contributed by atoms with van der Waals surface area (Å²) in [5, 5.41) is 28.4. The summed E-state index contributed by atoms with van der Waals surface area (Å²) in [4.78, 5) is 93.9. The van der Waals surface area contributed by atoms with E-state index in [0.717, 1.165) is 0 Å². The van der Waals surface area contributed by atoms with Crippen molar-refractivity contribution in [2.45, 2.75) is 89.0 Å². The minimum absolute atomic E-state index is 0.0472. The van der Waals surface area contributed by atoms with Crippen LogP contribution in [0.5, 0.6) is 0 Å². The van der Waals surface area contributed by atoms with Crippen LogP contribution in [-0.4, -0.2) is 112 Å². The smallest absolute Gasteiger partial charge is 0.326 e. The molecule has 0 aliphatic carbocycles. The lowest BCUT2D eigenvalue weighted by molar-refractivity contribution is -0.143. The zero-order chi connectivity index (χ0) is 37.4. The molecule has 2 rings (SSSR count). The van der Waals surface area contributed by atoms with Crippen LogP contribution in [-0.2, 0) is 40.0 Å². The number of rotatable bonds is 20. The Balaban J connectivity index is 2.09. The Morgan fingerprint density at radius 3 is 2.22 bits per heavy atom. The fourth-order valence-electron chi connectivity index (χ4n) is 5.41. The van der Waals surface area contributed by atoms with E-state index in [-0.39, 0.29) is 43.6 Å². The van der Waals surface area contributed by atoms with Gasteiger partial charge < -0.3 is 53.6 Å². The van der Waals surface area contributed by atoms with Crippen molar-refractivity contribution in [1.29, 1.82) is 0 Å². The van der Waals surface area contributed by atoms with Gasteiger partial charge >= 0.3 is 11.9 Å². The molecule has 5 amide bonds. The second kappa shape index (κ2) is 20.3. The first kappa shape index (κ1) is 40.9. The highest BCUT2D eigenvalue weighted by Gasteiger charge is 2.38. The number of carbonyl (C=O) groups excluding carboxylic acids is 5. The third-order valence-corrected chi connectivity index (χ3v) is 7.81. The molecule has 1 aliphatic heterocycles. The molecule has 1 fully saturated rings. The summed E-state index contributed by atoms with van der Waals surface area (Å²) in [6, 6.07) is 2.51. The first-order chi connectivity index (χ1) is 23.6. The summed E-state index contributed by atoms with van der Waals surface area (Å²) in [6.45, 7) is 3.60. The molecule has 18 nitrogen and oxygen atoms in total. The van der Waals surface area contributed by atoms with Gasteiger partial charge in [0.15, 0.2) is 5.96 Å². The number of amides is 5. The maximum Gasteiger partial charge on any atom is 0.326 e. The highest BCUT2D eigenvalue weighted by Crippen LogP contribution is 2.20. The number of aliphatic carboxylic acids is 2. The third-order valence-electron chi connectivity index (χ3n) is 7.81. The zero-order valence-electron chi connectivity index (χ0n) is 28.3. The molecule has 276 valence electrons. The van der Waals surface area contributed by atoms with Gasteiger partial charge in [-0.05, 0) is 43.6 Å². The molecule has 1 aromatic carbocycles. The van der Waals surface area contributed by atoms with Crippen molar-refractivity contribution in [3.8, 4) is 0 Å². The summed E-state index contributed by atoms with van der Waals surface area (Å²) in [6.07, 6.45) is 0.686. The third kappa shape index (κ3) is 14.1. The number of nitrogens with two attached hydrogens (primary N) is 3. The van der Waals surface area contributed by atoms with Crippen molar-refractivity contribution < 1.29 is 43.8 Å². The molecule has 0 bridgehead atoms. The van der Waals surface area contributed by atoms with Crippen molar-refractivity contribution in [2.75, 3.05) is 19.6 Å². The van der Waals surface area contributed by atoms with E-state index in [0.29, 0.717) is 31.4 Å². The van der Waals surface area contributed by atoms with Crippen LogP contribution in [0.2, 0.25) is 0 Å². The fourth-order valence-corrected chi connectivity index (χ4v) is 5.41. The number of carboxylic acid groups (broad SMARTS) is 2. The summed E-state index contributed by atoms with van der Waals surface area (Å²) in [7, 11) is 0. The molecule has 0 radical (unpaired) electrons. The van der Waals surface area contributed by atoms with Crippen LogP contribution >= 0.6 is 0 Å². The number of carboxylic acids is 2. The van der Waals surface area contributed by atoms with Gasteiger partial charge in [0, 0.05) is 19.5 Å². The van der Waals surface area contributed by atoms with Gasteiger partial charge in [0.25, 0.3) is 0 Å². The van der Waals surface area contributed by atoms with Crippen LogP contribution in [0.4, 0.5) is 0 Å². The molecule has 1 heterocycles. The number of likely N-dealkylation sites (tertiary alicyclic amines) is 1. The normalized spacial score (nSPS) is 16.3. The topological polar surface area (TPSA) is 302 Å². The average molecular weight is 704 g/mol. The summed E-state index contributed by atoms with van der Waals surface area (Å²) >= 11 is 0. The highest BCUT2D eigenvalue weighted by atomic mass is 16.4. The number of nitrogens with zero attached hydrogens (tertiary/aromatic N) is 2. The fraction of sp³-hybridized carbons (Fsp3) is 0.562. The van der Waals surface area contributed by atoms with Gasteiger partial charge in [-0.25, -0.2) is 4.79 Å². The molecule has 1 saturated heterocycles. The number of carbonyl (C=O) groups is 7. The summed E-state index contributed by atoms with van der Waals surface area (Å²) in [5.74, 6) is -6.55. The van der Waals surface area contributed by atoms with Gasteiger partial charge in [0.05, 0.1) is 19.0 Å². The maximum atomic E-state index is 13.4. The van der Waals surface area contributed by atoms with Crippen molar-refractivity contribution in [2.24, 2.45) is 28.1 Å². The van der Waals surface area contributed by atoms with Gasteiger partial charge in [-0.2, -0.15) is 0 Å². The van der Waals surface area contributed by atoms with Gasteiger partial charge in [-0.3, -0.25) is 33.8 Å². The summed E-state index contributed by atoms with van der Waals surface area (Å²) in [5.41, 5.74) is 17.4. The molecule has 5 atom stereocenters. The van der Waals surface area contributed by atoms with Crippen molar-refractivity contribution in [3.63, 3.8) is 0 Å². The van der Waals surface area contributed by atoms with Crippen LogP contribution in [0.1, 0.15) is 57.9 Å². The Hall–Kier alpha value is -5.26. The van der Waals surface area contributed by atoms with Gasteiger partial charge in [0.2, 0.25) is 29.5 Å². The van der Waals surface area contributed by atoms with E-state index in [1.54, 1.807) is 30.3 Å². The number of hydrogen-bond donors (Lipinski definition) is 9. The number of benzene rings is 1. The molecular formula is C32H49N9O9. The van der Waals surface area contributed by atoms with E-state index in [1.165, 1.54) is 4.90 Å². The van der Waals surface area contributed by atoms with E-state index in [4.69, 9.17) is 17.2 Å². The van der Waals surface area contributed by atoms with Crippen LogP contribution < -0.4 is 38.5 Å². The van der Waals surface area contributed by atoms with Gasteiger partial charge in [-0.15, -0.1) is 0 Å². The van der Waals surface area contributed by atoms with E-state index in [1.807, 2.05) is 13.8 Å². The molecule has 12 N–H and O–H groups in total. The monoisotopic (exact) mass is 703 g/mol. The predicted octanol–water partition coefficient (Wildman–Crippen LogP) is -2.22. The molecule has 0 aromatic heterocycles. The minimum Gasteiger partial charge on any atom is -0.481 e. The second-order valence-electron chi connectivity index (χ2n) is 12.5.